The number of nitrogens with one attached hydrogen (secondary N) is 1. The number of hydrogen-bond acceptors (Lipinski definition) is 10. The van der Waals surface area contributed by atoms with Crippen LogP contribution in [0.5, 0.6) is 6.01 Å². The van der Waals surface area contributed by atoms with Crippen LogP contribution in [0.2, 0.25) is 0 Å². The number of anilines is 1. The normalized spacial score (nSPS) is 22.6. The molecule has 2 atom stereocenters. The fourth-order valence-corrected chi connectivity index (χ4v) is 6.45. The van der Waals surface area contributed by atoms with Crippen molar-refractivity contribution in [3.8, 4) is 17.3 Å². The van der Waals surface area contributed by atoms with Gasteiger partial charge in [-0.15, -0.1) is 0 Å². The molecule has 43 heavy (non-hydrogen) atoms. The summed E-state index contributed by atoms with van der Waals surface area (Å²) in [5, 5.41) is 8.46. The molecule has 0 aromatic carbocycles. The molecule has 12 heteroatoms. The van der Waals surface area contributed by atoms with Crippen LogP contribution in [0.25, 0.3) is 16.9 Å². The van der Waals surface area contributed by atoms with Gasteiger partial charge in [-0.3, -0.25) is 4.90 Å². The molecule has 0 saturated carbocycles. The van der Waals surface area contributed by atoms with Gasteiger partial charge >= 0.3 is 12.1 Å². The number of carbonyl (C=O) groups is 1. The molecule has 6 rings (SSSR count). The van der Waals surface area contributed by atoms with Crippen LogP contribution >= 0.6 is 0 Å². The van der Waals surface area contributed by atoms with Crippen molar-refractivity contribution in [2.75, 3.05) is 52.7 Å². The Morgan fingerprint density at radius 3 is 2.49 bits per heavy atom. The Labute approximate surface area is 253 Å². The van der Waals surface area contributed by atoms with Crippen molar-refractivity contribution in [3.63, 3.8) is 0 Å². The predicted molar refractivity (Wildman–Crippen MR) is 164 cm³/mol. The van der Waals surface area contributed by atoms with E-state index >= 15 is 0 Å². The topological polar surface area (TPSA) is 113 Å². The number of likely N-dealkylation sites (tertiary alicyclic amines) is 1. The van der Waals surface area contributed by atoms with Crippen LogP contribution < -0.4 is 10.1 Å². The average molecular weight is 590 g/mol. The zero-order chi connectivity index (χ0) is 30.1. The number of carbonyl (C=O) groups excluding carboxylic acids is 1. The van der Waals surface area contributed by atoms with Crippen LogP contribution in [0.1, 0.15) is 51.0 Å². The Bertz CT molecular complexity index is 1430. The van der Waals surface area contributed by atoms with Gasteiger partial charge in [-0.05, 0) is 45.7 Å². The summed E-state index contributed by atoms with van der Waals surface area (Å²) in [6.07, 6.45) is 13.3. The maximum Gasteiger partial charge on any atom is 0.410 e. The van der Waals surface area contributed by atoms with Crippen molar-refractivity contribution in [2.45, 2.75) is 69.7 Å². The molecular weight excluding hydrogens is 546 g/mol. The molecule has 230 valence electrons. The van der Waals surface area contributed by atoms with Gasteiger partial charge in [-0.25, -0.2) is 19.7 Å². The second kappa shape index (κ2) is 12.5. The van der Waals surface area contributed by atoms with Crippen molar-refractivity contribution in [1.29, 1.82) is 0 Å². The molecule has 3 aromatic heterocycles. The van der Waals surface area contributed by atoms with E-state index in [1.54, 1.807) is 19.5 Å². The first-order valence-corrected chi connectivity index (χ1v) is 15.3. The second-order valence-electron chi connectivity index (χ2n) is 12.5. The molecule has 3 aliphatic rings. The summed E-state index contributed by atoms with van der Waals surface area (Å²) >= 11 is 0. The van der Waals surface area contributed by atoms with Gasteiger partial charge in [0.1, 0.15) is 11.9 Å². The molecule has 2 bridgehead atoms. The summed E-state index contributed by atoms with van der Waals surface area (Å²) in [5.74, 6) is 1.14. The number of hydrogen-bond donors (Lipinski definition) is 1. The fourth-order valence-electron chi connectivity index (χ4n) is 6.45. The van der Waals surface area contributed by atoms with Crippen LogP contribution in [-0.2, 0) is 4.74 Å². The lowest BCUT2D eigenvalue weighted by Gasteiger charge is -2.42. The molecule has 3 aliphatic heterocycles. The molecule has 2 unspecified atom stereocenters. The summed E-state index contributed by atoms with van der Waals surface area (Å²) in [5.41, 5.74) is 3.47. The van der Waals surface area contributed by atoms with E-state index in [1.165, 1.54) is 0 Å². The molecule has 0 spiro atoms. The van der Waals surface area contributed by atoms with Gasteiger partial charge in [0.25, 0.3) is 0 Å². The van der Waals surface area contributed by atoms with Gasteiger partial charge < -0.3 is 24.6 Å². The lowest BCUT2D eigenvalue weighted by Crippen LogP contribution is -2.56. The van der Waals surface area contributed by atoms with E-state index in [9.17, 15) is 4.79 Å². The van der Waals surface area contributed by atoms with E-state index in [2.05, 4.69) is 65.2 Å². The van der Waals surface area contributed by atoms with E-state index in [0.29, 0.717) is 6.01 Å². The summed E-state index contributed by atoms with van der Waals surface area (Å²) < 4.78 is 13.0. The van der Waals surface area contributed by atoms with Gasteiger partial charge in [0.05, 0.1) is 19.0 Å². The van der Waals surface area contributed by atoms with Crippen LogP contribution in [0.15, 0.2) is 36.8 Å². The zero-order valence-electron chi connectivity index (χ0n) is 25.8. The summed E-state index contributed by atoms with van der Waals surface area (Å²) in [6.45, 7) is 7.72. The van der Waals surface area contributed by atoms with Crippen LogP contribution in [0.3, 0.4) is 0 Å². The van der Waals surface area contributed by atoms with Gasteiger partial charge in [0.2, 0.25) is 0 Å². The monoisotopic (exact) mass is 589 g/mol. The lowest BCUT2D eigenvalue weighted by molar-refractivity contribution is -0.0306. The molecule has 3 aromatic rings. The maximum atomic E-state index is 13.3. The van der Waals surface area contributed by atoms with Crippen molar-refractivity contribution >= 4 is 17.6 Å². The molecular formula is C31H43N9O3. The highest BCUT2D eigenvalue weighted by Crippen LogP contribution is 2.38. The Morgan fingerprint density at radius 1 is 1.12 bits per heavy atom. The number of rotatable bonds is 10. The molecule has 0 radical (unpaired) electrons. The summed E-state index contributed by atoms with van der Waals surface area (Å²) in [4.78, 5) is 33.2. The third-order valence-electron chi connectivity index (χ3n) is 8.72. The van der Waals surface area contributed by atoms with Gasteiger partial charge in [0.15, 0.2) is 5.65 Å². The minimum Gasteiger partial charge on any atom is -0.467 e. The largest absolute Gasteiger partial charge is 0.467 e. The molecule has 3 saturated heterocycles. The number of aromatic nitrogens is 5. The van der Waals surface area contributed by atoms with Crippen LogP contribution in [0, 0.1) is 0 Å². The number of amides is 1. The fraction of sp³-hybridized carbons (Fsp3) is 0.581. The first kappa shape index (κ1) is 29.3. The highest BCUT2D eigenvalue weighted by Gasteiger charge is 2.45. The SMILES string of the molecule is COc1ncc(-c2cc(NC3CC4CCC(C3)N4C(=O)OC3CN(C/C=C/CN(C)C)C3)n3ncc(C(C)C)c3n2)cn1. The van der Waals surface area contributed by atoms with E-state index in [4.69, 9.17) is 19.6 Å². The number of piperidine rings is 1. The Morgan fingerprint density at radius 2 is 1.84 bits per heavy atom. The summed E-state index contributed by atoms with van der Waals surface area (Å²) in [6, 6.07) is 2.87. The van der Waals surface area contributed by atoms with E-state index in [-0.39, 0.29) is 36.2 Å². The highest BCUT2D eigenvalue weighted by molar-refractivity contribution is 5.70. The van der Waals surface area contributed by atoms with Crippen molar-refractivity contribution in [1.82, 2.24) is 39.3 Å². The van der Waals surface area contributed by atoms with Crippen molar-refractivity contribution in [3.05, 3.63) is 42.4 Å². The Balaban J connectivity index is 1.11. The van der Waals surface area contributed by atoms with Crippen LogP contribution in [0.4, 0.5) is 10.6 Å². The second-order valence-corrected chi connectivity index (χ2v) is 12.5. The Hall–Kier alpha value is -3.77. The molecule has 0 aliphatic carbocycles. The smallest absolute Gasteiger partial charge is 0.410 e. The summed E-state index contributed by atoms with van der Waals surface area (Å²) in [7, 11) is 5.67. The lowest BCUT2D eigenvalue weighted by atomic mass is 9.97. The third kappa shape index (κ3) is 6.30. The predicted octanol–water partition coefficient (Wildman–Crippen LogP) is 3.66. The highest BCUT2D eigenvalue weighted by atomic mass is 16.6. The number of nitrogens with zero attached hydrogens (tertiary/aromatic N) is 8. The molecule has 6 heterocycles. The standard InChI is InChI=1S/C31H43N9O3/c1-20(2)26-17-34-40-28(14-27(36-29(26)40)21-15-32-30(42-5)33-16-21)35-22-12-23-8-9-24(13-22)39(23)31(41)43-25-18-38(19-25)11-7-6-10-37(3)4/h6-7,14-17,20,22-25,35H,8-13,18-19H2,1-5H3/b7-6+. The quantitative estimate of drug-likeness (QED) is 0.352. The molecule has 1 N–H and O–H groups in total. The average Bonchev–Trinajstić information content (AvgIpc) is 3.52. The first-order valence-electron chi connectivity index (χ1n) is 15.3. The maximum absolute atomic E-state index is 13.3. The van der Waals surface area contributed by atoms with Gasteiger partial charge in [0, 0.05) is 73.9 Å². The van der Waals surface area contributed by atoms with E-state index < -0.39 is 0 Å². The first-order chi connectivity index (χ1) is 20.8. The molecule has 3 fully saturated rings. The molecule has 12 nitrogen and oxygen atoms in total. The zero-order valence-corrected chi connectivity index (χ0v) is 25.8. The van der Waals surface area contributed by atoms with Gasteiger partial charge in [-0.2, -0.15) is 9.61 Å². The number of methoxy groups -OCH3 is 1. The van der Waals surface area contributed by atoms with Crippen LogP contribution in [-0.4, -0.2) is 117 Å². The van der Waals surface area contributed by atoms with E-state index in [0.717, 1.165) is 80.1 Å². The molecule has 1 amide bonds. The minimum absolute atomic E-state index is 0.0228. The van der Waals surface area contributed by atoms with Gasteiger partial charge in [-0.1, -0.05) is 26.0 Å². The van der Waals surface area contributed by atoms with Crippen molar-refractivity contribution < 1.29 is 14.3 Å². The Kier molecular flexibility index (Phi) is 8.49. The third-order valence-corrected chi connectivity index (χ3v) is 8.72. The number of ether oxygens (including phenoxy) is 2. The van der Waals surface area contributed by atoms with Crippen molar-refractivity contribution in [2.24, 2.45) is 0 Å². The minimum atomic E-state index is -0.152. The number of likely N-dealkylation sites (N-methyl/N-ethyl adjacent to an activating group) is 1. The van der Waals surface area contributed by atoms with E-state index in [1.807, 2.05) is 21.7 Å². The number of fused-ring (bicyclic) bond motifs is 3.